The Morgan fingerprint density at radius 3 is 2.86 bits per heavy atom. The molecule has 0 radical (unpaired) electrons. The number of nitrogens with zero attached hydrogens (tertiary/aromatic N) is 3. The van der Waals surface area contributed by atoms with Gasteiger partial charge in [-0.1, -0.05) is 23.7 Å². The van der Waals surface area contributed by atoms with Gasteiger partial charge < -0.3 is 0 Å². The van der Waals surface area contributed by atoms with Gasteiger partial charge in [-0.15, -0.1) is 11.3 Å². The van der Waals surface area contributed by atoms with Crippen LogP contribution in [0.4, 0.5) is 0 Å². The molecule has 21 heavy (non-hydrogen) atoms. The molecule has 0 saturated heterocycles. The Kier molecular flexibility index (Phi) is 2.99. The molecular formula is C16H12ClN3S. The van der Waals surface area contributed by atoms with E-state index in [-0.39, 0.29) is 0 Å². The second kappa shape index (κ2) is 4.87. The normalized spacial score (nSPS) is 13.5. The van der Waals surface area contributed by atoms with Crippen LogP contribution >= 0.6 is 22.9 Å². The number of hydrogen-bond acceptors (Lipinski definition) is 3. The van der Waals surface area contributed by atoms with Crippen LogP contribution in [0.3, 0.4) is 0 Å². The molecule has 0 atom stereocenters. The third-order valence-electron chi connectivity index (χ3n) is 3.93. The van der Waals surface area contributed by atoms with Crippen LogP contribution in [-0.4, -0.2) is 9.38 Å². The van der Waals surface area contributed by atoms with Crippen LogP contribution in [0.1, 0.15) is 22.7 Å². The van der Waals surface area contributed by atoms with E-state index in [2.05, 4.69) is 10.5 Å². The van der Waals surface area contributed by atoms with E-state index in [9.17, 15) is 5.26 Å². The van der Waals surface area contributed by atoms with Crippen LogP contribution < -0.4 is 0 Å². The molecule has 1 aromatic carbocycles. The third kappa shape index (κ3) is 1.97. The molecule has 0 amide bonds. The number of imidazole rings is 1. The van der Waals surface area contributed by atoms with Gasteiger partial charge in [-0.2, -0.15) is 5.26 Å². The zero-order valence-corrected chi connectivity index (χ0v) is 12.8. The predicted molar refractivity (Wildman–Crippen MR) is 84.9 cm³/mol. The molecule has 3 nitrogen and oxygen atoms in total. The molecule has 0 spiro atoms. The van der Waals surface area contributed by atoms with Gasteiger partial charge in [0.1, 0.15) is 0 Å². The van der Waals surface area contributed by atoms with Crippen molar-refractivity contribution in [3.63, 3.8) is 0 Å². The summed E-state index contributed by atoms with van der Waals surface area (Å²) in [5, 5.41) is 9.90. The van der Waals surface area contributed by atoms with E-state index in [0.717, 1.165) is 34.8 Å². The summed E-state index contributed by atoms with van der Waals surface area (Å²) in [4.78, 5) is 7.22. The van der Waals surface area contributed by atoms with Crippen LogP contribution in [0.5, 0.6) is 0 Å². The van der Waals surface area contributed by atoms with Crippen LogP contribution in [0.2, 0.25) is 5.02 Å². The minimum Gasteiger partial charge on any atom is -0.290 e. The van der Waals surface area contributed by atoms with Gasteiger partial charge in [-0.3, -0.25) is 4.40 Å². The van der Waals surface area contributed by atoms with Crippen molar-refractivity contribution in [1.29, 1.82) is 5.26 Å². The maximum atomic E-state index is 9.19. The van der Waals surface area contributed by atoms with Crippen LogP contribution in [-0.2, 0) is 19.3 Å². The summed E-state index contributed by atoms with van der Waals surface area (Å²) in [6.07, 6.45) is 3.82. The van der Waals surface area contributed by atoms with Crippen molar-refractivity contribution in [2.75, 3.05) is 0 Å². The SMILES string of the molecule is N#CCc1c(-c2ccc(Cl)cc2)nc2sc3c(n12)CCC3. The van der Waals surface area contributed by atoms with Crippen molar-refractivity contribution in [1.82, 2.24) is 9.38 Å². The van der Waals surface area contributed by atoms with Crippen molar-refractivity contribution in [3.05, 3.63) is 45.6 Å². The minimum absolute atomic E-state index is 0.377. The van der Waals surface area contributed by atoms with Crippen LogP contribution in [0.25, 0.3) is 16.2 Å². The molecule has 0 saturated carbocycles. The second-order valence-electron chi connectivity index (χ2n) is 5.19. The standard InChI is InChI=1S/C16H12ClN3S/c17-11-6-4-10(5-7-11)15-13(8-9-18)20-12-2-1-3-14(12)21-16(20)19-15/h4-7H,1-3,8H2. The Bertz CT molecular complexity index is 868. The maximum Gasteiger partial charge on any atom is 0.194 e. The van der Waals surface area contributed by atoms with Gasteiger partial charge in [0.25, 0.3) is 0 Å². The van der Waals surface area contributed by atoms with Gasteiger partial charge >= 0.3 is 0 Å². The highest BCUT2D eigenvalue weighted by Crippen LogP contribution is 2.36. The van der Waals surface area contributed by atoms with Gasteiger partial charge in [0, 0.05) is 21.2 Å². The molecule has 0 bridgehead atoms. The fourth-order valence-corrected chi connectivity index (χ4v) is 4.36. The summed E-state index contributed by atoms with van der Waals surface area (Å²) in [6.45, 7) is 0. The molecule has 5 heteroatoms. The zero-order valence-electron chi connectivity index (χ0n) is 11.3. The van der Waals surface area contributed by atoms with Gasteiger partial charge in [-0.05, 0) is 31.4 Å². The molecular weight excluding hydrogens is 302 g/mol. The number of halogens is 1. The quantitative estimate of drug-likeness (QED) is 0.709. The Balaban J connectivity index is 1.97. The molecule has 1 aliphatic carbocycles. The smallest absolute Gasteiger partial charge is 0.194 e. The summed E-state index contributed by atoms with van der Waals surface area (Å²) in [6, 6.07) is 9.95. The Labute approximate surface area is 131 Å². The molecule has 4 rings (SSSR count). The first-order chi connectivity index (χ1) is 10.3. The first kappa shape index (κ1) is 12.9. The average molecular weight is 314 g/mol. The summed E-state index contributed by atoms with van der Waals surface area (Å²) in [7, 11) is 0. The first-order valence-electron chi connectivity index (χ1n) is 6.92. The monoisotopic (exact) mass is 313 g/mol. The lowest BCUT2D eigenvalue weighted by atomic mass is 10.1. The average Bonchev–Trinajstić information content (AvgIpc) is 3.12. The summed E-state index contributed by atoms with van der Waals surface area (Å²) in [5.74, 6) is 0. The Morgan fingerprint density at radius 2 is 2.10 bits per heavy atom. The molecule has 0 aliphatic heterocycles. The van der Waals surface area contributed by atoms with E-state index < -0.39 is 0 Å². The largest absolute Gasteiger partial charge is 0.290 e. The molecule has 2 aromatic heterocycles. The highest BCUT2D eigenvalue weighted by molar-refractivity contribution is 7.17. The fourth-order valence-electron chi connectivity index (χ4n) is 3.01. The summed E-state index contributed by atoms with van der Waals surface area (Å²) >= 11 is 7.72. The van der Waals surface area contributed by atoms with Crippen molar-refractivity contribution in [2.45, 2.75) is 25.7 Å². The van der Waals surface area contributed by atoms with Crippen molar-refractivity contribution in [3.8, 4) is 17.3 Å². The van der Waals surface area contributed by atoms with Crippen LogP contribution in [0.15, 0.2) is 24.3 Å². The maximum absolute atomic E-state index is 9.19. The minimum atomic E-state index is 0.377. The highest BCUT2D eigenvalue weighted by atomic mass is 35.5. The lowest BCUT2D eigenvalue weighted by Crippen LogP contribution is -1.96. The molecule has 3 aromatic rings. The number of aromatic nitrogens is 2. The molecule has 1 aliphatic rings. The Morgan fingerprint density at radius 1 is 1.29 bits per heavy atom. The molecule has 2 heterocycles. The first-order valence-corrected chi connectivity index (χ1v) is 8.12. The van der Waals surface area contributed by atoms with Crippen molar-refractivity contribution < 1.29 is 0 Å². The number of hydrogen-bond donors (Lipinski definition) is 0. The number of nitriles is 1. The molecule has 0 unspecified atom stereocenters. The highest BCUT2D eigenvalue weighted by Gasteiger charge is 2.23. The van der Waals surface area contributed by atoms with E-state index in [0.29, 0.717) is 11.4 Å². The van der Waals surface area contributed by atoms with E-state index in [1.807, 2.05) is 24.3 Å². The number of rotatable bonds is 2. The number of thiazole rings is 1. The molecule has 0 fully saturated rings. The van der Waals surface area contributed by atoms with Crippen LogP contribution in [0, 0.1) is 11.3 Å². The second-order valence-corrected chi connectivity index (χ2v) is 6.69. The van der Waals surface area contributed by atoms with Crippen molar-refractivity contribution >= 4 is 27.9 Å². The van der Waals surface area contributed by atoms with Gasteiger partial charge in [0.15, 0.2) is 4.96 Å². The topological polar surface area (TPSA) is 41.1 Å². The third-order valence-corrected chi connectivity index (χ3v) is 5.32. The lowest BCUT2D eigenvalue weighted by Gasteiger charge is -2.03. The number of benzene rings is 1. The van der Waals surface area contributed by atoms with E-state index in [4.69, 9.17) is 16.6 Å². The number of aryl methyl sites for hydroxylation is 2. The van der Waals surface area contributed by atoms with E-state index >= 15 is 0 Å². The fraction of sp³-hybridized carbons (Fsp3) is 0.250. The zero-order chi connectivity index (χ0) is 14.4. The molecule has 104 valence electrons. The lowest BCUT2D eigenvalue weighted by molar-refractivity contribution is 0.877. The Hall–Kier alpha value is -1.83. The molecule has 0 N–H and O–H groups in total. The predicted octanol–water partition coefficient (Wildman–Crippen LogP) is 4.27. The van der Waals surface area contributed by atoms with E-state index in [1.54, 1.807) is 11.3 Å². The van der Waals surface area contributed by atoms with Gasteiger partial charge in [0.05, 0.1) is 23.9 Å². The van der Waals surface area contributed by atoms with Crippen molar-refractivity contribution in [2.24, 2.45) is 0 Å². The van der Waals surface area contributed by atoms with Gasteiger partial charge in [0.2, 0.25) is 0 Å². The van der Waals surface area contributed by atoms with Gasteiger partial charge in [-0.25, -0.2) is 4.98 Å². The summed E-state index contributed by atoms with van der Waals surface area (Å²) in [5.41, 5.74) is 4.30. The summed E-state index contributed by atoms with van der Waals surface area (Å²) < 4.78 is 2.21. The van der Waals surface area contributed by atoms with E-state index in [1.165, 1.54) is 17.0 Å². The number of fused-ring (bicyclic) bond motifs is 3.